The van der Waals surface area contributed by atoms with Crippen molar-refractivity contribution in [1.29, 1.82) is 0 Å². The number of fused-ring (bicyclic) bond motifs is 3. The molecule has 3 saturated heterocycles. The third kappa shape index (κ3) is 3.95. The van der Waals surface area contributed by atoms with Gasteiger partial charge in [-0.3, -0.25) is 9.88 Å². The number of pyridine rings is 1. The van der Waals surface area contributed by atoms with Gasteiger partial charge in [-0.1, -0.05) is 6.07 Å². The van der Waals surface area contributed by atoms with E-state index >= 15 is 0 Å². The second kappa shape index (κ2) is 8.05. The minimum absolute atomic E-state index is 0.478. The van der Waals surface area contributed by atoms with E-state index in [0.29, 0.717) is 17.9 Å². The van der Waals surface area contributed by atoms with Crippen molar-refractivity contribution in [2.75, 3.05) is 19.6 Å². The molecule has 6 rings (SSSR count). The number of hydrogen-bond donors (Lipinski definition) is 1. The summed E-state index contributed by atoms with van der Waals surface area (Å²) in [5, 5.41) is 3.61. The zero-order valence-electron chi connectivity index (χ0n) is 16.8. The first kappa shape index (κ1) is 18.5. The summed E-state index contributed by atoms with van der Waals surface area (Å²) in [6, 6.07) is 12.7. The molecule has 0 aromatic carbocycles. The number of hydrogen-bond acceptors (Lipinski definition) is 6. The lowest BCUT2D eigenvalue weighted by Gasteiger charge is -2.50. The Morgan fingerprint density at radius 3 is 2.93 bits per heavy atom. The summed E-state index contributed by atoms with van der Waals surface area (Å²) in [5.41, 5.74) is 3.16. The molecule has 1 unspecified atom stereocenters. The van der Waals surface area contributed by atoms with Crippen molar-refractivity contribution in [3.8, 4) is 11.5 Å². The fourth-order valence-corrected chi connectivity index (χ4v) is 4.89. The number of furan rings is 1. The first-order valence-electron chi connectivity index (χ1n) is 10.5. The van der Waals surface area contributed by atoms with Crippen LogP contribution in [-0.2, 0) is 6.54 Å². The molecule has 2 bridgehead atoms. The van der Waals surface area contributed by atoms with Gasteiger partial charge in [-0.25, -0.2) is 9.97 Å². The number of rotatable bonds is 6. The Kier molecular flexibility index (Phi) is 5.12. The van der Waals surface area contributed by atoms with Gasteiger partial charge in [0.15, 0.2) is 5.76 Å². The normalized spacial score (nSPS) is 26.0. The van der Waals surface area contributed by atoms with Crippen LogP contribution in [0.25, 0.3) is 11.5 Å². The van der Waals surface area contributed by atoms with Crippen molar-refractivity contribution in [2.24, 2.45) is 5.92 Å². The summed E-state index contributed by atoms with van der Waals surface area (Å²) in [7, 11) is 0. The Balaban J connectivity index is 1.26. The number of nitrogens with zero attached hydrogens (tertiary/aromatic N) is 4. The molecule has 0 amide bonds. The van der Waals surface area contributed by atoms with E-state index in [1.165, 1.54) is 25.1 Å². The first-order chi connectivity index (χ1) is 14.3. The largest absolute Gasteiger partial charge is 0.463 e. The highest BCUT2D eigenvalue weighted by Crippen LogP contribution is 2.41. The fourth-order valence-electron chi connectivity index (χ4n) is 4.89. The fraction of sp³-hybridized carbons (Fsp3) is 0.435. The molecule has 3 fully saturated rings. The molecule has 0 aliphatic carbocycles. The smallest absolute Gasteiger partial charge is 0.152 e. The summed E-state index contributed by atoms with van der Waals surface area (Å²) in [6.45, 7) is 6.08. The third-order valence-electron chi connectivity index (χ3n) is 6.30. The van der Waals surface area contributed by atoms with Crippen molar-refractivity contribution in [2.45, 2.75) is 38.3 Å². The average Bonchev–Trinajstić information content (AvgIpc) is 3.30. The lowest BCUT2D eigenvalue weighted by Crippen LogP contribution is -2.55. The van der Waals surface area contributed by atoms with E-state index in [1.54, 1.807) is 6.26 Å². The van der Waals surface area contributed by atoms with Gasteiger partial charge in [-0.15, -0.1) is 0 Å². The van der Waals surface area contributed by atoms with E-state index in [4.69, 9.17) is 9.40 Å². The zero-order chi connectivity index (χ0) is 19.6. The van der Waals surface area contributed by atoms with Crippen molar-refractivity contribution < 1.29 is 4.42 Å². The average molecular weight is 390 g/mol. The minimum atomic E-state index is 0.478. The number of aromatic nitrogens is 3. The highest BCUT2D eigenvalue weighted by Gasteiger charge is 2.41. The van der Waals surface area contributed by atoms with Gasteiger partial charge in [-0.05, 0) is 62.6 Å². The standard InChI is InChI=1S/C23H27N5O/c1-16-26-21(12-22(27-16)23-6-4-10-29-23)20-15-28-9-7-17(20)11-19(28)14-24-13-18-5-2-3-8-25-18/h2-6,8,10,12,17,19-20,24H,7,9,11,13-15H2,1H3/t17-,19+,20-/m0/s1. The molecule has 1 N–H and O–H groups in total. The number of piperidine rings is 3. The molecule has 3 aliphatic rings. The first-order valence-corrected chi connectivity index (χ1v) is 10.5. The molecule has 0 saturated carbocycles. The van der Waals surface area contributed by atoms with Gasteiger partial charge < -0.3 is 9.73 Å². The maximum atomic E-state index is 5.56. The molecule has 3 aromatic heterocycles. The predicted molar refractivity (Wildman–Crippen MR) is 111 cm³/mol. The summed E-state index contributed by atoms with van der Waals surface area (Å²) < 4.78 is 5.56. The van der Waals surface area contributed by atoms with Gasteiger partial charge in [0, 0.05) is 43.5 Å². The Morgan fingerprint density at radius 1 is 1.21 bits per heavy atom. The van der Waals surface area contributed by atoms with E-state index in [-0.39, 0.29) is 0 Å². The van der Waals surface area contributed by atoms with Crippen LogP contribution in [-0.4, -0.2) is 45.5 Å². The summed E-state index contributed by atoms with van der Waals surface area (Å²) in [4.78, 5) is 16.4. The maximum absolute atomic E-state index is 5.56. The topological polar surface area (TPSA) is 67.1 Å². The molecule has 0 spiro atoms. The second-order valence-electron chi connectivity index (χ2n) is 8.19. The van der Waals surface area contributed by atoms with Gasteiger partial charge in [0.25, 0.3) is 0 Å². The molecular formula is C23H27N5O. The van der Waals surface area contributed by atoms with Crippen LogP contribution in [0.4, 0.5) is 0 Å². The summed E-state index contributed by atoms with van der Waals surface area (Å²) in [6.07, 6.45) is 6.03. The van der Waals surface area contributed by atoms with Gasteiger partial charge in [0.2, 0.25) is 0 Å². The van der Waals surface area contributed by atoms with Crippen LogP contribution in [0.5, 0.6) is 0 Å². The molecular weight excluding hydrogens is 362 g/mol. The highest BCUT2D eigenvalue weighted by atomic mass is 16.3. The van der Waals surface area contributed by atoms with Crippen LogP contribution in [0.15, 0.2) is 53.3 Å². The number of aryl methyl sites for hydroxylation is 1. The van der Waals surface area contributed by atoms with Crippen LogP contribution in [0.2, 0.25) is 0 Å². The van der Waals surface area contributed by atoms with Crippen molar-refractivity contribution in [3.63, 3.8) is 0 Å². The molecule has 3 aliphatic heterocycles. The monoisotopic (exact) mass is 389 g/mol. The zero-order valence-corrected chi connectivity index (χ0v) is 16.8. The lowest BCUT2D eigenvalue weighted by atomic mass is 9.74. The molecule has 6 heterocycles. The maximum Gasteiger partial charge on any atom is 0.152 e. The molecule has 3 aromatic rings. The van der Waals surface area contributed by atoms with Crippen molar-refractivity contribution >= 4 is 0 Å². The number of nitrogens with one attached hydrogen (secondary N) is 1. The van der Waals surface area contributed by atoms with Crippen LogP contribution in [0.3, 0.4) is 0 Å². The van der Waals surface area contributed by atoms with E-state index in [1.807, 2.05) is 37.4 Å². The van der Waals surface area contributed by atoms with Crippen molar-refractivity contribution in [3.05, 3.63) is 66.1 Å². The Labute approximate surface area is 171 Å². The van der Waals surface area contributed by atoms with Gasteiger partial charge in [0.1, 0.15) is 11.5 Å². The van der Waals surface area contributed by atoms with Gasteiger partial charge in [0.05, 0.1) is 12.0 Å². The van der Waals surface area contributed by atoms with Crippen LogP contribution in [0.1, 0.15) is 36.0 Å². The molecule has 4 atom stereocenters. The summed E-state index contributed by atoms with van der Waals surface area (Å²) >= 11 is 0. The SMILES string of the molecule is Cc1nc(-c2ccco2)cc([C@H]2CN3CC[C@H]2C[C@@H]3CNCc2ccccn2)n1. The molecule has 6 heteroatoms. The van der Waals surface area contributed by atoms with E-state index in [2.05, 4.69) is 32.3 Å². The molecule has 29 heavy (non-hydrogen) atoms. The lowest BCUT2D eigenvalue weighted by molar-refractivity contribution is 0.0292. The van der Waals surface area contributed by atoms with Crippen LogP contribution < -0.4 is 5.32 Å². The Hall–Kier alpha value is -2.57. The van der Waals surface area contributed by atoms with E-state index in [0.717, 1.165) is 42.6 Å². The second-order valence-corrected chi connectivity index (χ2v) is 8.19. The molecule has 150 valence electrons. The van der Waals surface area contributed by atoms with E-state index < -0.39 is 0 Å². The van der Waals surface area contributed by atoms with Gasteiger partial charge in [-0.2, -0.15) is 0 Å². The minimum Gasteiger partial charge on any atom is -0.463 e. The quantitative estimate of drug-likeness (QED) is 0.697. The Bertz CT molecular complexity index is 943. The summed E-state index contributed by atoms with van der Waals surface area (Å²) in [5.74, 6) is 2.79. The third-order valence-corrected chi connectivity index (χ3v) is 6.30. The van der Waals surface area contributed by atoms with E-state index in [9.17, 15) is 0 Å². The highest BCUT2D eigenvalue weighted by molar-refractivity contribution is 5.52. The van der Waals surface area contributed by atoms with Gasteiger partial charge >= 0.3 is 0 Å². The van der Waals surface area contributed by atoms with Crippen LogP contribution in [0, 0.1) is 12.8 Å². The van der Waals surface area contributed by atoms with Crippen LogP contribution >= 0.6 is 0 Å². The molecule has 0 radical (unpaired) electrons. The molecule has 6 nitrogen and oxygen atoms in total. The Morgan fingerprint density at radius 2 is 2.17 bits per heavy atom. The predicted octanol–water partition coefficient (Wildman–Crippen LogP) is 3.41. The van der Waals surface area contributed by atoms with Crippen molar-refractivity contribution in [1.82, 2.24) is 25.2 Å².